The van der Waals surface area contributed by atoms with Crippen molar-refractivity contribution in [2.24, 2.45) is 0 Å². The minimum absolute atomic E-state index is 0.0364. The molecule has 28 heavy (non-hydrogen) atoms. The van der Waals surface area contributed by atoms with Crippen molar-refractivity contribution < 1.29 is 28.4 Å². The number of carbonyl (C=O) groups excluding carboxylic acids is 2. The molecule has 8 heteroatoms. The fraction of sp³-hybridized carbons (Fsp3) is 0.200. The van der Waals surface area contributed by atoms with Crippen LogP contribution in [0.5, 0.6) is 0 Å². The number of rotatable bonds is 6. The van der Waals surface area contributed by atoms with E-state index in [9.17, 15) is 19.7 Å². The monoisotopic (exact) mass is 383 g/mol. The number of aryl methyl sites for hydroxylation is 1. The van der Waals surface area contributed by atoms with Crippen molar-refractivity contribution in [3.05, 3.63) is 75.0 Å². The van der Waals surface area contributed by atoms with Crippen LogP contribution in [-0.2, 0) is 16.1 Å². The Balaban J connectivity index is 1.88. The number of furan rings is 1. The number of carbonyl (C=O) groups is 2. The smallest absolute Gasteiger partial charge is 0.374 e. The number of hydrogen-bond donors (Lipinski definition) is 0. The summed E-state index contributed by atoms with van der Waals surface area (Å²) in [6, 6.07) is 11.0. The molecule has 0 aliphatic carbocycles. The number of para-hydroxylation sites is 1. The Morgan fingerprint density at radius 3 is 2.57 bits per heavy atom. The van der Waals surface area contributed by atoms with Gasteiger partial charge in [-0.1, -0.05) is 24.3 Å². The maximum atomic E-state index is 12.4. The minimum Gasteiger partial charge on any atom is -0.460 e. The minimum atomic E-state index is -0.747. The largest absolute Gasteiger partial charge is 0.460 e. The van der Waals surface area contributed by atoms with Gasteiger partial charge in [0.25, 0.3) is 5.69 Å². The number of hydrogen-bond acceptors (Lipinski definition) is 7. The van der Waals surface area contributed by atoms with Crippen LogP contribution >= 0.6 is 0 Å². The van der Waals surface area contributed by atoms with E-state index in [0.717, 1.165) is 6.07 Å². The predicted octanol–water partition coefficient (Wildman–Crippen LogP) is 4.18. The highest BCUT2D eigenvalue weighted by Gasteiger charge is 2.23. The molecule has 0 aliphatic heterocycles. The second kappa shape index (κ2) is 7.91. The Labute approximate surface area is 159 Å². The third kappa shape index (κ3) is 3.71. The van der Waals surface area contributed by atoms with Gasteiger partial charge in [0, 0.05) is 17.0 Å². The number of esters is 2. The van der Waals surface area contributed by atoms with E-state index in [1.54, 1.807) is 38.1 Å². The average Bonchev–Trinajstić information content (AvgIpc) is 3.05. The molecule has 0 aliphatic rings. The topological polar surface area (TPSA) is 109 Å². The van der Waals surface area contributed by atoms with Crippen molar-refractivity contribution in [2.45, 2.75) is 20.5 Å². The molecule has 1 aromatic heterocycles. The summed E-state index contributed by atoms with van der Waals surface area (Å²) in [5.41, 5.74) is 1.15. The summed E-state index contributed by atoms with van der Waals surface area (Å²) >= 11 is 0. The van der Waals surface area contributed by atoms with E-state index in [-0.39, 0.29) is 30.2 Å². The Bertz CT molecular complexity index is 1070. The molecule has 0 saturated heterocycles. The summed E-state index contributed by atoms with van der Waals surface area (Å²) in [5.74, 6) is -1.44. The zero-order chi connectivity index (χ0) is 20.3. The lowest BCUT2D eigenvalue weighted by atomic mass is 10.1. The molecule has 0 spiro atoms. The fourth-order valence-corrected chi connectivity index (χ4v) is 2.76. The lowest BCUT2D eigenvalue weighted by molar-refractivity contribution is -0.385. The number of benzene rings is 2. The summed E-state index contributed by atoms with van der Waals surface area (Å²) < 4.78 is 15.9. The average molecular weight is 383 g/mol. The van der Waals surface area contributed by atoms with Gasteiger partial charge in [0.2, 0.25) is 5.76 Å². The van der Waals surface area contributed by atoms with Crippen molar-refractivity contribution in [1.29, 1.82) is 0 Å². The molecule has 0 amide bonds. The van der Waals surface area contributed by atoms with Crippen LogP contribution in [0.1, 0.15) is 39.0 Å². The SMILES string of the molecule is CCOC(=O)c1oc2ccccc2c1COC(=O)c1ccc(C)c([N+](=O)[O-])c1. The first-order valence-electron chi connectivity index (χ1n) is 8.52. The molecule has 0 saturated carbocycles. The first-order chi connectivity index (χ1) is 13.4. The van der Waals surface area contributed by atoms with E-state index in [1.807, 2.05) is 0 Å². The quantitative estimate of drug-likeness (QED) is 0.357. The highest BCUT2D eigenvalue weighted by molar-refractivity contribution is 5.96. The molecule has 3 aromatic rings. The molecular formula is C20H17NO7. The summed E-state index contributed by atoms with van der Waals surface area (Å²) in [4.78, 5) is 35.1. The van der Waals surface area contributed by atoms with Crippen LogP contribution in [0.3, 0.4) is 0 Å². The van der Waals surface area contributed by atoms with Crippen molar-refractivity contribution in [3.8, 4) is 0 Å². The standard InChI is InChI=1S/C20H17NO7/c1-3-26-20(23)18-15(14-6-4-5-7-17(14)28-18)11-27-19(22)13-9-8-12(2)16(10-13)21(24)25/h4-10H,3,11H2,1-2H3. The Kier molecular flexibility index (Phi) is 5.39. The molecule has 0 N–H and O–H groups in total. The first-order valence-corrected chi connectivity index (χ1v) is 8.52. The van der Waals surface area contributed by atoms with Gasteiger partial charge in [-0.15, -0.1) is 0 Å². The zero-order valence-corrected chi connectivity index (χ0v) is 15.3. The lowest BCUT2D eigenvalue weighted by Gasteiger charge is -2.06. The van der Waals surface area contributed by atoms with Crippen LogP contribution in [0.25, 0.3) is 11.0 Å². The summed E-state index contributed by atoms with van der Waals surface area (Å²) in [6.45, 7) is 3.18. The van der Waals surface area contributed by atoms with Gasteiger partial charge in [-0.05, 0) is 26.0 Å². The van der Waals surface area contributed by atoms with Crippen molar-refractivity contribution in [3.63, 3.8) is 0 Å². The van der Waals surface area contributed by atoms with Crippen LogP contribution in [0.15, 0.2) is 46.9 Å². The van der Waals surface area contributed by atoms with E-state index >= 15 is 0 Å². The first kappa shape index (κ1) is 19.1. The molecule has 3 rings (SSSR count). The third-order valence-corrected chi connectivity index (χ3v) is 4.15. The molecule has 0 radical (unpaired) electrons. The zero-order valence-electron chi connectivity index (χ0n) is 15.3. The number of nitro groups is 1. The second-order valence-corrected chi connectivity index (χ2v) is 5.96. The number of nitro benzene ring substituents is 1. The van der Waals surface area contributed by atoms with Crippen LogP contribution in [-0.4, -0.2) is 23.5 Å². The highest BCUT2D eigenvalue weighted by atomic mass is 16.6. The highest BCUT2D eigenvalue weighted by Crippen LogP contribution is 2.28. The molecular weight excluding hydrogens is 366 g/mol. The van der Waals surface area contributed by atoms with Crippen LogP contribution < -0.4 is 0 Å². The third-order valence-electron chi connectivity index (χ3n) is 4.15. The Morgan fingerprint density at radius 1 is 1.11 bits per heavy atom. The normalized spacial score (nSPS) is 10.6. The summed E-state index contributed by atoms with van der Waals surface area (Å²) in [7, 11) is 0. The summed E-state index contributed by atoms with van der Waals surface area (Å²) in [6.07, 6.45) is 0. The van der Waals surface area contributed by atoms with E-state index in [4.69, 9.17) is 13.9 Å². The van der Waals surface area contributed by atoms with Crippen molar-refractivity contribution in [2.75, 3.05) is 6.61 Å². The number of fused-ring (bicyclic) bond motifs is 1. The predicted molar refractivity (Wildman–Crippen MR) is 99.1 cm³/mol. The maximum Gasteiger partial charge on any atom is 0.374 e. The van der Waals surface area contributed by atoms with Crippen LogP contribution in [0, 0.1) is 17.0 Å². The van der Waals surface area contributed by atoms with Gasteiger partial charge in [-0.3, -0.25) is 10.1 Å². The summed E-state index contributed by atoms with van der Waals surface area (Å²) in [5, 5.41) is 11.7. The second-order valence-electron chi connectivity index (χ2n) is 5.96. The van der Waals surface area contributed by atoms with Gasteiger partial charge in [0.15, 0.2) is 0 Å². The number of ether oxygens (including phenoxy) is 2. The molecule has 1 heterocycles. The molecule has 0 atom stereocenters. The van der Waals surface area contributed by atoms with E-state index in [0.29, 0.717) is 22.1 Å². The van der Waals surface area contributed by atoms with E-state index in [1.165, 1.54) is 12.1 Å². The number of nitrogens with zero attached hydrogens (tertiary/aromatic N) is 1. The van der Waals surface area contributed by atoms with E-state index in [2.05, 4.69) is 0 Å². The van der Waals surface area contributed by atoms with Gasteiger partial charge < -0.3 is 13.9 Å². The molecule has 0 fully saturated rings. The van der Waals surface area contributed by atoms with Crippen molar-refractivity contribution in [1.82, 2.24) is 0 Å². The Morgan fingerprint density at radius 2 is 1.86 bits per heavy atom. The van der Waals surface area contributed by atoms with Gasteiger partial charge in [-0.2, -0.15) is 0 Å². The molecule has 0 unspecified atom stereocenters. The molecule has 2 aromatic carbocycles. The van der Waals surface area contributed by atoms with E-state index < -0.39 is 16.9 Å². The lowest BCUT2D eigenvalue weighted by Crippen LogP contribution is -2.10. The Hall–Kier alpha value is -3.68. The molecule has 8 nitrogen and oxygen atoms in total. The molecule has 144 valence electrons. The van der Waals surface area contributed by atoms with Gasteiger partial charge in [-0.25, -0.2) is 9.59 Å². The van der Waals surface area contributed by atoms with Crippen LogP contribution in [0.4, 0.5) is 5.69 Å². The van der Waals surface area contributed by atoms with Crippen LogP contribution in [0.2, 0.25) is 0 Å². The van der Waals surface area contributed by atoms with Gasteiger partial charge in [0.05, 0.1) is 22.7 Å². The fourth-order valence-electron chi connectivity index (χ4n) is 2.76. The maximum absolute atomic E-state index is 12.4. The molecule has 0 bridgehead atoms. The van der Waals surface area contributed by atoms with Gasteiger partial charge >= 0.3 is 11.9 Å². The van der Waals surface area contributed by atoms with Crippen molar-refractivity contribution >= 4 is 28.6 Å². The van der Waals surface area contributed by atoms with Gasteiger partial charge in [0.1, 0.15) is 12.2 Å².